The van der Waals surface area contributed by atoms with Gasteiger partial charge in [-0.05, 0) is 30.0 Å². The Balaban J connectivity index is 2.09. The van der Waals surface area contributed by atoms with Gasteiger partial charge in [0.25, 0.3) is 0 Å². The van der Waals surface area contributed by atoms with Crippen LogP contribution in [0.25, 0.3) is 0 Å². The first-order valence-electron chi connectivity index (χ1n) is 5.21. The van der Waals surface area contributed by atoms with Gasteiger partial charge >= 0.3 is 0 Å². The van der Waals surface area contributed by atoms with Crippen LogP contribution in [-0.4, -0.2) is 10.7 Å². The first-order chi connectivity index (χ1) is 7.05. The zero-order valence-corrected chi connectivity index (χ0v) is 8.63. The van der Waals surface area contributed by atoms with E-state index in [-0.39, 0.29) is 0 Å². The van der Waals surface area contributed by atoms with E-state index in [9.17, 15) is 13.9 Å². The van der Waals surface area contributed by atoms with E-state index in [1.807, 2.05) is 6.92 Å². The summed E-state index contributed by atoms with van der Waals surface area (Å²) in [4.78, 5) is 0. The fraction of sp³-hybridized carbons (Fsp3) is 0.500. The quantitative estimate of drug-likeness (QED) is 0.816. The molecule has 1 aromatic carbocycles. The standard InChI is InChI=1S/C12H14F2O/c1-2-9-7-12(9,15)6-8-3-4-10(13)11(14)5-8/h3-5,9,15H,2,6-7H2,1H3. The van der Waals surface area contributed by atoms with Crippen molar-refractivity contribution in [3.8, 4) is 0 Å². The fourth-order valence-electron chi connectivity index (χ4n) is 2.11. The molecule has 1 N–H and O–H groups in total. The van der Waals surface area contributed by atoms with E-state index in [0.717, 1.165) is 18.9 Å². The predicted molar refractivity (Wildman–Crippen MR) is 53.4 cm³/mol. The summed E-state index contributed by atoms with van der Waals surface area (Å²) in [5.74, 6) is -1.37. The van der Waals surface area contributed by atoms with E-state index in [4.69, 9.17) is 0 Å². The van der Waals surface area contributed by atoms with Crippen LogP contribution in [0.15, 0.2) is 18.2 Å². The Labute approximate surface area is 87.7 Å². The smallest absolute Gasteiger partial charge is 0.159 e. The van der Waals surface area contributed by atoms with Crippen LogP contribution in [0.3, 0.4) is 0 Å². The van der Waals surface area contributed by atoms with Crippen LogP contribution in [0.4, 0.5) is 8.78 Å². The third-order valence-electron chi connectivity index (χ3n) is 3.19. The Bertz CT molecular complexity index is 378. The monoisotopic (exact) mass is 212 g/mol. The lowest BCUT2D eigenvalue weighted by molar-refractivity contribution is 0.130. The largest absolute Gasteiger partial charge is 0.389 e. The Morgan fingerprint density at radius 1 is 1.40 bits per heavy atom. The maximum absolute atomic E-state index is 12.9. The summed E-state index contributed by atoms with van der Waals surface area (Å²) in [6.07, 6.45) is 2.12. The SMILES string of the molecule is CCC1CC1(O)Cc1ccc(F)c(F)c1. The summed E-state index contributed by atoms with van der Waals surface area (Å²) in [6.45, 7) is 2.02. The maximum atomic E-state index is 12.9. The van der Waals surface area contributed by atoms with Crippen LogP contribution in [0.1, 0.15) is 25.3 Å². The van der Waals surface area contributed by atoms with Crippen LogP contribution in [0.5, 0.6) is 0 Å². The van der Waals surface area contributed by atoms with Crippen molar-refractivity contribution >= 4 is 0 Å². The molecule has 1 fully saturated rings. The second kappa shape index (κ2) is 3.56. The first kappa shape index (κ1) is 10.6. The molecule has 2 rings (SSSR count). The van der Waals surface area contributed by atoms with Gasteiger partial charge in [-0.15, -0.1) is 0 Å². The Hall–Kier alpha value is -0.960. The molecule has 15 heavy (non-hydrogen) atoms. The van der Waals surface area contributed by atoms with E-state index in [1.165, 1.54) is 12.1 Å². The van der Waals surface area contributed by atoms with Crippen LogP contribution in [-0.2, 0) is 6.42 Å². The first-order valence-corrected chi connectivity index (χ1v) is 5.21. The third-order valence-corrected chi connectivity index (χ3v) is 3.19. The highest BCUT2D eigenvalue weighted by Crippen LogP contribution is 2.47. The molecule has 1 nitrogen and oxygen atoms in total. The van der Waals surface area contributed by atoms with Crippen molar-refractivity contribution in [1.82, 2.24) is 0 Å². The summed E-state index contributed by atoms with van der Waals surface area (Å²) in [5, 5.41) is 9.99. The van der Waals surface area contributed by atoms with Gasteiger partial charge in [0.15, 0.2) is 11.6 Å². The average molecular weight is 212 g/mol. The molecule has 3 heteroatoms. The predicted octanol–water partition coefficient (Wildman–Crippen LogP) is 2.67. The number of benzene rings is 1. The third kappa shape index (κ3) is 2.02. The van der Waals surface area contributed by atoms with Crippen LogP contribution in [0.2, 0.25) is 0 Å². The van der Waals surface area contributed by atoms with E-state index < -0.39 is 17.2 Å². The molecular formula is C12H14F2O. The van der Waals surface area contributed by atoms with E-state index in [0.29, 0.717) is 17.9 Å². The van der Waals surface area contributed by atoms with E-state index in [2.05, 4.69) is 0 Å². The van der Waals surface area contributed by atoms with E-state index in [1.54, 1.807) is 0 Å². The molecule has 1 aromatic rings. The lowest BCUT2D eigenvalue weighted by Crippen LogP contribution is -2.15. The molecule has 1 saturated carbocycles. The van der Waals surface area contributed by atoms with Crippen LogP contribution < -0.4 is 0 Å². The van der Waals surface area contributed by atoms with Gasteiger partial charge in [-0.25, -0.2) is 8.78 Å². The van der Waals surface area contributed by atoms with Crippen molar-refractivity contribution < 1.29 is 13.9 Å². The summed E-state index contributed by atoms with van der Waals surface area (Å²) in [5.41, 5.74) is -0.0219. The number of rotatable bonds is 3. The maximum Gasteiger partial charge on any atom is 0.159 e. The molecule has 0 amide bonds. The number of hydrogen-bond acceptors (Lipinski definition) is 1. The van der Waals surface area contributed by atoms with Gasteiger partial charge in [-0.2, -0.15) is 0 Å². The zero-order valence-electron chi connectivity index (χ0n) is 8.63. The van der Waals surface area contributed by atoms with Gasteiger partial charge in [0, 0.05) is 6.42 Å². The molecule has 0 spiro atoms. The molecule has 2 unspecified atom stereocenters. The summed E-state index contributed by atoms with van der Waals surface area (Å²) in [6, 6.07) is 3.80. The van der Waals surface area contributed by atoms with Gasteiger partial charge in [-0.1, -0.05) is 19.4 Å². The minimum Gasteiger partial charge on any atom is -0.389 e. The summed E-state index contributed by atoms with van der Waals surface area (Å²) < 4.78 is 25.5. The normalized spacial score (nSPS) is 29.2. The number of halogens is 2. The fourth-order valence-corrected chi connectivity index (χ4v) is 2.11. The molecule has 0 heterocycles. The summed E-state index contributed by atoms with van der Waals surface area (Å²) >= 11 is 0. The Morgan fingerprint density at radius 2 is 2.13 bits per heavy atom. The van der Waals surface area contributed by atoms with Gasteiger partial charge in [0.2, 0.25) is 0 Å². The highest BCUT2D eigenvalue weighted by atomic mass is 19.2. The van der Waals surface area contributed by atoms with Gasteiger partial charge < -0.3 is 5.11 Å². The van der Waals surface area contributed by atoms with Crippen molar-refractivity contribution in [2.75, 3.05) is 0 Å². The molecule has 1 aliphatic carbocycles. The lowest BCUT2D eigenvalue weighted by Gasteiger charge is -2.09. The van der Waals surface area contributed by atoms with E-state index >= 15 is 0 Å². The zero-order chi connectivity index (χ0) is 11.1. The minimum absolute atomic E-state index is 0.311. The molecule has 0 aliphatic heterocycles. The second-order valence-corrected chi connectivity index (χ2v) is 4.34. The molecular weight excluding hydrogens is 198 g/mol. The van der Waals surface area contributed by atoms with Crippen molar-refractivity contribution in [3.05, 3.63) is 35.4 Å². The van der Waals surface area contributed by atoms with Crippen LogP contribution >= 0.6 is 0 Å². The molecule has 1 aliphatic rings. The topological polar surface area (TPSA) is 20.2 Å². The second-order valence-electron chi connectivity index (χ2n) is 4.34. The van der Waals surface area contributed by atoms with Crippen LogP contribution in [0, 0.1) is 17.6 Å². The number of aliphatic hydroxyl groups is 1. The highest BCUT2D eigenvalue weighted by Gasteiger charge is 2.51. The summed E-state index contributed by atoms with van der Waals surface area (Å²) in [7, 11) is 0. The van der Waals surface area contributed by atoms with Crippen molar-refractivity contribution in [2.45, 2.75) is 31.8 Å². The Morgan fingerprint density at radius 3 is 2.67 bits per heavy atom. The molecule has 82 valence electrons. The van der Waals surface area contributed by atoms with Gasteiger partial charge in [-0.3, -0.25) is 0 Å². The molecule has 2 atom stereocenters. The highest BCUT2D eigenvalue weighted by molar-refractivity contribution is 5.22. The molecule has 0 bridgehead atoms. The Kier molecular flexibility index (Phi) is 2.51. The van der Waals surface area contributed by atoms with Crippen molar-refractivity contribution in [2.24, 2.45) is 5.92 Å². The van der Waals surface area contributed by atoms with Gasteiger partial charge in [0.05, 0.1) is 5.60 Å². The molecule has 0 aromatic heterocycles. The minimum atomic E-state index is -0.843. The van der Waals surface area contributed by atoms with Crippen molar-refractivity contribution in [3.63, 3.8) is 0 Å². The van der Waals surface area contributed by atoms with Gasteiger partial charge in [0.1, 0.15) is 0 Å². The lowest BCUT2D eigenvalue weighted by atomic mass is 10.0. The number of hydrogen-bond donors (Lipinski definition) is 1. The molecule has 0 radical (unpaired) electrons. The molecule has 0 saturated heterocycles. The van der Waals surface area contributed by atoms with Crippen molar-refractivity contribution in [1.29, 1.82) is 0 Å². The average Bonchev–Trinajstić information content (AvgIpc) is 2.83.